The van der Waals surface area contributed by atoms with Crippen LogP contribution in [-0.4, -0.2) is 18.7 Å². The molecule has 0 radical (unpaired) electrons. The highest BCUT2D eigenvalue weighted by Crippen LogP contribution is 2.15. The van der Waals surface area contributed by atoms with Crippen LogP contribution in [0.3, 0.4) is 0 Å². The number of fused-ring (bicyclic) bond motifs is 1. The number of amides is 1. The van der Waals surface area contributed by atoms with Gasteiger partial charge in [-0.2, -0.15) is 5.10 Å². The van der Waals surface area contributed by atoms with E-state index in [1.807, 2.05) is 60.7 Å². The third-order valence-electron chi connectivity index (χ3n) is 4.01. The summed E-state index contributed by atoms with van der Waals surface area (Å²) in [6.45, 7) is 2.08. The van der Waals surface area contributed by atoms with Gasteiger partial charge in [0.25, 0.3) is 5.91 Å². The van der Waals surface area contributed by atoms with Gasteiger partial charge in [0.2, 0.25) is 0 Å². The second-order valence-corrected chi connectivity index (χ2v) is 6.08. The molecule has 0 aliphatic carbocycles. The molecule has 3 rings (SSSR count). The van der Waals surface area contributed by atoms with Gasteiger partial charge in [0.05, 0.1) is 6.21 Å². The molecular formula is C22H22N2O2. The molecule has 132 valence electrons. The Bertz CT molecular complexity index is 901. The van der Waals surface area contributed by atoms with Crippen molar-refractivity contribution in [2.24, 2.45) is 5.10 Å². The van der Waals surface area contributed by atoms with Gasteiger partial charge in [-0.3, -0.25) is 4.79 Å². The number of hydrazone groups is 1. The number of hydrogen-bond acceptors (Lipinski definition) is 3. The van der Waals surface area contributed by atoms with Crippen molar-refractivity contribution in [2.75, 3.05) is 6.61 Å². The van der Waals surface area contributed by atoms with Crippen molar-refractivity contribution in [2.45, 2.75) is 19.8 Å². The lowest BCUT2D eigenvalue weighted by Crippen LogP contribution is -2.24. The fraction of sp³-hybridized carbons (Fsp3) is 0.182. The van der Waals surface area contributed by atoms with Crippen molar-refractivity contribution in [1.29, 1.82) is 0 Å². The van der Waals surface area contributed by atoms with Crippen LogP contribution < -0.4 is 10.2 Å². The average molecular weight is 346 g/mol. The first-order valence-corrected chi connectivity index (χ1v) is 8.77. The Morgan fingerprint density at radius 2 is 1.81 bits per heavy atom. The van der Waals surface area contributed by atoms with Crippen molar-refractivity contribution < 1.29 is 9.53 Å². The zero-order valence-electron chi connectivity index (χ0n) is 14.8. The molecule has 4 heteroatoms. The van der Waals surface area contributed by atoms with Crippen molar-refractivity contribution in [3.8, 4) is 5.75 Å². The Hall–Kier alpha value is -3.14. The molecule has 0 aliphatic heterocycles. The highest BCUT2D eigenvalue weighted by atomic mass is 16.5. The Kier molecular flexibility index (Phi) is 5.99. The van der Waals surface area contributed by atoms with Crippen LogP contribution in [0.1, 0.15) is 24.5 Å². The summed E-state index contributed by atoms with van der Waals surface area (Å²) in [5.41, 5.74) is 4.68. The standard InChI is InChI=1S/C22H22N2O2/c1-2-5-17-9-12-21(13-10-17)26-16-22(25)24-23-15-18-8-11-19-6-3-4-7-20(19)14-18/h3-4,6-15H,2,5,16H2,1H3,(H,24,25)/b23-15+. The third-order valence-corrected chi connectivity index (χ3v) is 4.01. The van der Waals surface area contributed by atoms with E-state index >= 15 is 0 Å². The largest absolute Gasteiger partial charge is 0.484 e. The molecule has 3 aromatic rings. The summed E-state index contributed by atoms with van der Waals surface area (Å²) in [5, 5.41) is 6.30. The van der Waals surface area contributed by atoms with E-state index in [4.69, 9.17) is 4.74 Å². The Morgan fingerprint density at radius 3 is 2.58 bits per heavy atom. The number of ether oxygens (including phenoxy) is 1. The van der Waals surface area contributed by atoms with Gasteiger partial charge in [-0.05, 0) is 46.5 Å². The van der Waals surface area contributed by atoms with E-state index in [2.05, 4.69) is 23.5 Å². The van der Waals surface area contributed by atoms with Crippen LogP contribution in [0.15, 0.2) is 71.8 Å². The number of nitrogens with one attached hydrogen (secondary N) is 1. The topological polar surface area (TPSA) is 50.7 Å². The quantitative estimate of drug-likeness (QED) is 0.512. The number of aryl methyl sites for hydroxylation is 1. The number of benzene rings is 3. The molecule has 0 unspecified atom stereocenters. The van der Waals surface area contributed by atoms with Gasteiger partial charge in [0.1, 0.15) is 5.75 Å². The molecule has 1 N–H and O–H groups in total. The average Bonchev–Trinajstić information content (AvgIpc) is 2.67. The van der Waals surface area contributed by atoms with E-state index in [1.54, 1.807) is 6.21 Å². The molecular weight excluding hydrogens is 324 g/mol. The first-order valence-electron chi connectivity index (χ1n) is 8.77. The number of hydrogen-bond donors (Lipinski definition) is 1. The summed E-state index contributed by atoms with van der Waals surface area (Å²) < 4.78 is 5.48. The number of rotatable bonds is 7. The van der Waals surface area contributed by atoms with Crippen LogP contribution in [0, 0.1) is 0 Å². The minimum absolute atomic E-state index is 0.0673. The molecule has 0 fully saturated rings. The van der Waals surface area contributed by atoms with E-state index in [1.165, 1.54) is 10.9 Å². The molecule has 1 amide bonds. The summed E-state index contributed by atoms with van der Waals surface area (Å²) >= 11 is 0. The van der Waals surface area contributed by atoms with Crippen molar-refractivity contribution in [3.63, 3.8) is 0 Å². The molecule has 0 bridgehead atoms. The lowest BCUT2D eigenvalue weighted by molar-refractivity contribution is -0.123. The second kappa shape index (κ2) is 8.81. The number of nitrogens with zero attached hydrogens (tertiary/aromatic N) is 1. The molecule has 0 aromatic heterocycles. The summed E-state index contributed by atoms with van der Waals surface area (Å²) in [6.07, 6.45) is 3.78. The van der Waals surface area contributed by atoms with Gasteiger partial charge >= 0.3 is 0 Å². The van der Waals surface area contributed by atoms with Gasteiger partial charge in [-0.1, -0.05) is 61.9 Å². The predicted octanol–water partition coefficient (Wildman–Crippen LogP) is 4.32. The summed E-state index contributed by atoms with van der Waals surface area (Å²) in [5.74, 6) is 0.387. The summed E-state index contributed by atoms with van der Waals surface area (Å²) in [7, 11) is 0. The van der Waals surface area contributed by atoms with Gasteiger partial charge in [-0.25, -0.2) is 5.43 Å². The molecule has 3 aromatic carbocycles. The second-order valence-electron chi connectivity index (χ2n) is 6.08. The molecule has 4 nitrogen and oxygen atoms in total. The SMILES string of the molecule is CCCc1ccc(OCC(=O)N/N=C/c2ccc3ccccc3c2)cc1. The normalized spacial score (nSPS) is 11.0. The lowest BCUT2D eigenvalue weighted by Gasteiger charge is -2.06. The van der Waals surface area contributed by atoms with E-state index in [0.717, 1.165) is 23.8 Å². The van der Waals surface area contributed by atoms with Gasteiger partial charge in [-0.15, -0.1) is 0 Å². The monoisotopic (exact) mass is 346 g/mol. The number of carbonyl (C=O) groups excluding carboxylic acids is 1. The van der Waals surface area contributed by atoms with Crippen LogP contribution in [0.2, 0.25) is 0 Å². The van der Waals surface area contributed by atoms with Crippen LogP contribution in [0.5, 0.6) is 5.75 Å². The summed E-state index contributed by atoms with van der Waals surface area (Å²) in [4.78, 5) is 11.8. The molecule has 0 aliphatic rings. The minimum atomic E-state index is -0.292. The van der Waals surface area contributed by atoms with Gasteiger partial charge in [0, 0.05) is 0 Å². The third kappa shape index (κ3) is 4.93. The number of carbonyl (C=O) groups is 1. The Morgan fingerprint density at radius 1 is 1.04 bits per heavy atom. The minimum Gasteiger partial charge on any atom is -0.484 e. The first kappa shape index (κ1) is 17.7. The van der Waals surface area contributed by atoms with E-state index in [0.29, 0.717) is 5.75 Å². The molecule has 0 saturated heterocycles. The van der Waals surface area contributed by atoms with Crippen molar-refractivity contribution in [1.82, 2.24) is 5.43 Å². The maximum Gasteiger partial charge on any atom is 0.277 e. The van der Waals surface area contributed by atoms with Crippen LogP contribution in [0.4, 0.5) is 0 Å². The smallest absolute Gasteiger partial charge is 0.277 e. The maximum atomic E-state index is 11.8. The molecule has 0 spiro atoms. The lowest BCUT2D eigenvalue weighted by atomic mass is 10.1. The van der Waals surface area contributed by atoms with E-state index in [-0.39, 0.29) is 12.5 Å². The maximum absolute atomic E-state index is 11.8. The van der Waals surface area contributed by atoms with Crippen molar-refractivity contribution in [3.05, 3.63) is 77.9 Å². The van der Waals surface area contributed by atoms with Crippen LogP contribution >= 0.6 is 0 Å². The molecule has 0 saturated carbocycles. The van der Waals surface area contributed by atoms with Crippen LogP contribution in [0.25, 0.3) is 10.8 Å². The Labute approximate surface area is 153 Å². The van der Waals surface area contributed by atoms with Crippen LogP contribution in [-0.2, 0) is 11.2 Å². The molecule has 0 atom stereocenters. The molecule has 26 heavy (non-hydrogen) atoms. The summed E-state index contributed by atoms with van der Waals surface area (Å²) in [6, 6.07) is 22.0. The fourth-order valence-electron chi connectivity index (χ4n) is 2.69. The predicted molar refractivity (Wildman–Crippen MR) is 106 cm³/mol. The van der Waals surface area contributed by atoms with E-state index < -0.39 is 0 Å². The fourth-order valence-corrected chi connectivity index (χ4v) is 2.69. The zero-order valence-corrected chi connectivity index (χ0v) is 14.8. The van der Waals surface area contributed by atoms with E-state index in [9.17, 15) is 4.79 Å². The highest BCUT2D eigenvalue weighted by Gasteiger charge is 2.02. The van der Waals surface area contributed by atoms with Crippen molar-refractivity contribution >= 4 is 22.9 Å². The zero-order chi connectivity index (χ0) is 18.2. The van der Waals surface area contributed by atoms with Gasteiger partial charge in [0.15, 0.2) is 6.61 Å². The highest BCUT2D eigenvalue weighted by molar-refractivity contribution is 5.90. The first-order chi connectivity index (χ1) is 12.7. The molecule has 0 heterocycles. The van der Waals surface area contributed by atoms with Gasteiger partial charge < -0.3 is 4.74 Å². The Balaban J connectivity index is 1.49.